The lowest BCUT2D eigenvalue weighted by Crippen LogP contribution is -2.40. The zero-order valence-electron chi connectivity index (χ0n) is 39.1. The van der Waals surface area contributed by atoms with Gasteiger partial charge in [0.25, 0.3) is 5.56 Å². The number of hydrogen-bond acceptors (Lipinski definition) is 5. The minimum atomic E-state index is -4.60. The van der Waals surface area contributed by atoms with E-state index in [4.69, 9.17) is 12.3 Å². The zero-order chi connectivity index (χ0) is 46.1. The lowest BCUT2D eigenvalue weighted by molar-refractivity contribution is -0.137. The molecule has 0 saturated heterocycles. The van der Waals surface area contributed by atoms with Crippen molar-refractivity contribution in [1.82, 2.24) is 19.4 Å². The maximum absolute atomic E-state index is 15.0. The van der Waals surface area contributed by atoms with Crippen molar-refractivity contribution in [2.75, 3.05) is 26.1 Å². The Balaban J connectivity index is 1.69. The molecule has 1 heterocycles. The predicted molar refractivity (Wildman–Crippen MR) is 181 cm³/mol. The Morgan fingerprint density at radius 2 is 1.58 bits per heavy atom. The lowest BCUT2D eigenvalue weighted by atomic mass is 10.0. The highest BCUT2D eigenvalue weighted by atomic mass is 32.2. The van der Waals surface area contributed by atoms with Crippen LogP contribution in [0.5, 0.6) is 0 Å². The van der Waals surface area contributed by atoms with Gasteiger partial charge in [0.2, 0.25) is 5.91 Å². The fraction of sp³-hybridized carbons (Fsp3) is 0.378. The third-order valence-corrected chi connectivity index (χ3v) is 8.21. The van der Waals surface area contributed by atoms with E-state index in [2.05, 4.69) is 4.98 Å². The predicted octanol–water partition coefficient (Wildman–Crippen LogP) is 7.47. The van der Waals surface area contributed by atoms with Crippen molar-refractivity contribution in [2.24, 2.45) is 5.89 Å². The van der Waals surface area contributed by atoms with Crippen LogP contribution in [-0.4, -0.2) is 51.3 Å². The first-order valence-electron chi connectivity index (χ1n) is 21.1. The Bertz CT molecular complexity index is 2320. The number of amides is 1. The van der Waals surface area contributed by atoms with E-state index in [-0.39, 0.29) is 11.3 Å². The molecule has 0 radical (unpaired) electrons. The van der Waals surface area contributed by atoms with E-state index < -0.39 is 103 Å². The number of aromatic nitrogens is 2. The molecule has 0 spiro atoms. The largest absolute Gasteiger partial charge is 0.416 e. The number of carbonyl (C=O) groups is 1. The summed E-state index contributed by atoms with van der Waals surface area (Å²) < 4.78 is 168. The molecule has 4 aromatic rings. The summed E-state index contributed by atoms with van der Waals surface area (Å²) in [6.07, 6.45) is -11.0. The van der Waals surface area contributed by atoms with E-state index in [9.17, 15) is 32.6 Å². The molecule has 6 nitrogen and oxygen atoms in total. The van der Waals surface area contributed by atoms with Gasteiger partial charge in [0.05, 0.1) is 11.0 Å². The van der Waals surface area contributed by atoms with E-state index in [0.29, 0.717) is 42.8 Å². The number of rotatable bonds is 13. The summed E-state index contributed by atoms with van der Waals surface area (Å²) in [6.45, 7) is -10.5. The molecule has 0 saturated carbocycles. The van der Waals surface area contributed by atoms with Crippen LogP contribution in [0.1, 0.15) is 66.5 Å². The van der Waals surface area contributed by atoms with Gasteiger partial charge in [0.1, 0.15) is 12.3 Å². The van der Waals surface area contributed by atoms with Gasteiger partial charge in [-0.2, -0.15) is 18.2 Å². The topological polar surface area (TPSA) is 58.4 Å². The number of fused-ring (bicyclic) bond motifs is 1. The van der Waals surface area contributed by atoms with Crippen molar-refractivity contribution < 1.29 is 40.2 Å². The van der Waals surface area contributed by atoms with Crippen LogP contribution in [0.4, 0.5) is 17.6 Å². The summed E-state index contributed by atoms with van der Waals surface area (Å²) in [7, 11) is 0. The van der Waals surface area contributed by atoms with Crippen molar-refractivity contribution in [2.45, 2.75) is 63.6 Å². The first-order chi connectivity index (χ1) is 27.7. The molecule has 0 aliphatic heterocycles. The summed E-state index contributed by atoms with van der Waals surface area (Å²) in [6, 6.07) is 14.0. The molecule has 1 amide bonds. The van der Waals surface area contributed by atoms with Crippen LogP contribution in [0.3, 0.4) is 0 Å². The molecule has 48 heavy (non-hydrogen) atoms. The zero-order valence-corrected chi connectivity index (χ0v) is 26.9. The van der Waals surface area contributed by atoms with Crippen LogP contribution in [0.25, 0.3) is 11.1 Å². The quantitative estimate of drug-likeness (QED) is 0.0827. The number of benzene rings is 3. The number of alkyl halides is 3. The molecule has 0 fully saturated rings. The van der Waals surface area contributed by atoms with Gasteiger partial charge in [-0.05, 0) is 78.2 Å². The summed E-state index contributed by atoms with van der Waals surface area (Å²) >= 11 is 0.578. The summed E-state index contributed by atoms with van der Waals surface area (Å²) in [5.74, 6) is -5.41. The Morgan fingerprint density at radius 1 is 0.979 bits per heavy atom. The number of thioether (sulfide) groups is 1. The van der Waals surface area contributed by atoms with E-state index in [1.165, 1.54) is 48.5 Å². The molecular weight excluding hydrogens is 640 g/mol. The maximum atomic E-state index is 15.0. The summed E-state index contributed by atoms with van der Waals surface area (Å²) in [5.41, 5.74) is -3.72. The monoisotopic (exact) mass is 693 g/mol. The normalized spacial score (nSPS) is 23.2. The van der Waals surface area contributed by atoms with Crippen LogP contribution < -0.4 is 5.56 Å². The van der Waals surface area contributed by atoms with Gasteiger partial charge in [0.15, 0.2) is 5.16 Å². The van der Waals surface area contributed by atoms with Crippen LogP contribution >= 0.6 is 11.8 Å². The van der Waals surface area contributed by atoms with Crippen molar-refractivity contribution in [3.8, 4) is 11.1 Å². The molecular formula is C37H40F4N4O2S. The highest BCUT2D eigenvalue weighted by Gasteiger charge is 2.30. The second kappa shape index (κ2) is 15.5. The van der Waals surface area contributed by atoms with Crippen LogP contribution in [0.2, 0.25) is 0 Å². The van der Waals surface area contributed by atoms with Crippen LogP contribution in [0.15, 0.2) is 82.7 Å². The SMILES string of the molecule is [2H]C([2H])(C)N(CCN(C(=O)C([2H])([2H])n1c(SCc2ccc(F)cc2)nc(=O)c2c1C([2H])([2H])C([2H])(C)C2([2H])[2H])C([2H])([2H])c1ccc(-c2ccc(C(F)(F)F)cc2)cc1)C([2H])([2H])C. The van der Waals surface area contributed by atoms with Crippen molar-refractivity contribution in [3.05, 3.63) is 117 Å². The molecule has 1 atom stereocenters. The van der Waals surface area contributed by atoms with E-state index in [0.717, 1.165) is 45.0 Å². The minimum absolute atomic E-state index is 0.189. The molecule has 1 aliphatic carbocycles. The Hall–Kier alpha value is -3.96. The van der Waals surface area contributed by atoms with Gasteiger partial charge in [-0.1, -0.05) is 81.1 Å². The second-order valence-corrected chi connectivity index (χ2v) is 11.4. The van der Waals surface area contributed by atoms with Gasteiger partial charge < -0.3 is 14.4 Å². The van der Waals surface area contributed by atoms with Crippen molar-refractivity contribution in [1.29, 1.82) is 0 Å². The first kappa shape index (κ1) is 21.9. The smallest absolute Gasteiger partial charge is 0.336 e. The average Bonchev–Trinajstić information content (AvgIpc) is 3.24. The Morgan fingerprint density at radius 3 is 2.19 bits per heavy atom. The van der Waals surface area contributed by atoms with Crippen LogP contribution in [0, 0.1) is 11.7 Å². The third kappa shape index (κ3) is 8.73. The molecule has 1 aromatic heterocycles. The highest BCUT2D eigenvalue weighted by Crippen LogP contribution is 2.32. The number of likely N-dealkylation sites (N-methyl/N-ethyl adjacent to an activating group) is 1. The second-order valence-electron chi connectivity index (χ2n) is 10.5. The number of carbonyl (C=O) groups excluding carboxylic acids is 1. The van der Waals surface area contributed by atoms with Gasteiger partial charge in [-0.3, -0.25) is 9.59 Å². The van der Waals surface area contributed by atoms with Crippen LogP contribution in [-0.2, 0) is 42.5 Å². The van der Waals surface area contributed by atoms with E-state index >= 15 is 0 Å². The molecule has 0 N–H and O–H groups in total. The molecule has 5 rings (SSSR count). The molecule has 3 aromatic carbocycles. The van der Waals surface area contributed by atoms with Gasteiger partial charge in [-0.15, -0.1) is 0 Å². The molecule has 254 valence electrons. The summed E-state index contributed by atoms with van der Waals surface area (Å²) in [5, 5.41) is -0.693. The maximum Gasteiger partial charge on any atom is 0.416 e. The molecule has 1 unspecified atom stereocenters. The number of halogens is 4. The van der Waals surface area contributed by atoms with Gasteiger partial charge >= 0.3 is 6.18 Å². The van der Waals surface area contributed by atoms with E-state index in [1.807, 2.05) is 0 Å². The Kier molecular flexibility index (Phi) is 7.07. The highest BCUT2D eigenvalue weighted by molar-refractivity contribution is 7.98. The summed E-state index contributed by atoms with van der Waals surface area (Å²) in [4.78, 5) is 33.3. The fourth-order valence-corrected chi connectivity index (χ4v) is 5.60. The van der Waals surface area contributed by atoms with Gasteiger partial charge in [-0.25, -0.2) is 4.39 Å². The average molecular weight is 694 g/mol. The Labute approximate surface area is 301 Å². The number of nitrogens with zero attached hydrogens (tertiary/aromatic N) is 4. The van der Waals surface area contributed by atoms with E-state index in [1.54, 1.807) is 0 Å². The third-order valence-electron chi connectivity index (χ3n) is 7.20. The first-order valence-corrected chi connectivity index (χ1v) is 15.6. The fourth-order valence-electron chi connectivity index (χ4n) is 4.70. The lowest BCUT2D eigenvalue weighted by Gasteiger charge is -2.28. The standard InChI is InChI=1S/C37H40F4N4O2S/c1-4-43(5-2)18-19-44(22-26-6-10-28(11-7-26)29-12-14-30(15-13-29)37(39,40)41)34(46)23-45-33-21-25(3)20-32(33)35(47)42-36(45)48-24-27-8-16-31(38)17-9-27/h6-17,25H,4-5,18-24H2,1-3H3/i4D2,5D2,20D2,21D2,22D2,23D2,25D. The van der Waals surface area contributed by atoms with Crippen molar-refractivity contribution >= 4 is 17.7 Å². The number of hydrogen-bond donors (Lipinski definition) is 0. The van der Waals surface area contributed by atoms with Crippen molar-refractivity contribution in [3.63, 3.8) is 0 Å². The molecule has 11 heteroatoms. The van der Waals surface area contributed by atoms with Gasteiger partial charge in [0, 0.05) is 48.9 Å². The minimum Gasteiger partial charge on any atom is -0.336 e. The molecule has 1 aliphatic rings. The molecule has 0 bridgehead atoms.